The molecule has 6 nitrogen and oxygen atoms in total. The van der Waals surface area contributed by atoms with Crippen LogP contribution >= 0.6 is 45.5 Å². The number of nitrogens with zero attached hydrogens (tertiary/aromatic N) is 2. The highest BCUT2D eigenvalue weighted by atomic mass is 127. The number of rotatable bonds is 7. The Morgan fingerprint density at radius 1 is 1.09 bits per heavy atom. The Balaban J connectivity index is 1.59. The second-order valence-corrected chi connectivity index (χ2v) is 11.3. The minimum Gasteiger partial charge on any atom is -0.380 e. The summed E-state index contributed by atoms with van der Waals surface area (Å²) in [4.78, 5) is 6.01. The molecule has 2 N–H and O–H groups in total. The van der Waals surface area contributed by atoms with Crippen molar-refractivity contribution < 1.29 is 8.42 Å². The van der Waals surface area contributed by atoms with Crippen molar-refractivity contribution in [1.82, 2.24) is 9.71 Å². The van der Waals surface area contributed by atoms with Gasteiger partial charge in [-0.2, -0.15) is 5.26 Å². The fraction of sp³-hybridized carbons (Fsp3) is 0.0909. The zero-order valence-corrected chi connectivity index (χ0v) is 21.0. The van der Waals surface area contributed by atoms with Crippen molar-refractivity contribution in [3.05, 3.63) is 84.8 Å². The molecule has 0 saturated carbocycles. The van der Waals surface area contributed by atoms with Crippen LogP contribution in [0.25, 0.3) is 10.8 Å². The minimum absolute atomic E-state index is 0.130. The van der Waals surface area contributed by atoms with E-state index in [0.29, 0.717) is 27.2 Å². The molecular weight excluding hydrogens is 579 g/mol. The summed E-state index contributed by atoms with van der Waals surface area (Å²) in [5.74, 6) is 0. The summed E-state index contributed by atoms with van der Waals surface area (Å²) in [6.45, 7) is 0.652. The molecule has 0 unspecified atom stereocenters. The number of nitriles is 1. The SMILES string of the molecule is N#Cc1ccc(CNc2ccc(S(=O)(=O)NCc3ccc(I)c(Cl)c3)c3ccncc23)s1. The van der Waals surface area contributed by atoms with Crippen molar-refractivity contribution >= 4 is 72.0 Å². The highest BCUT2D eigenvalue weighted by Crippen LogP contribution is 2.30. The van der Waals surface area contributed by atoms with Crippen molar-refractivity contribution in [2.24, 2.45) is 0 Å². The number of aromatic nitrogens is 1. The van der Waals surface area contributed by atoms with Gasteiger partial charge in [0, 0.05) is 50.4 Å². The van der Waals surface area contributed by atoms with Gasteiger partial charge < -0.3 is 5.32 Å². The third-order valence-electron chi connectivity index (χ3n) is 4.74. The highest BCUT2D eigenvalue weighted by molar-refractivity contribution is 14.1. The molecule has 0 atom stereocenters. The number of sulfonamides is 1. The number of benzene rings is 2. The topological polar surface area (TPSA) is 94.9 Å². The predicted octanol–water partition coefficient (Wildman–Crippen LogP) is 5.52. The first kappa shape index (κ1) is 22.9. The molecule has 0 fully saturated rings. The summed E-state index contributed by atoms with van der Waals surface area (Å²) in [7, 11) is -3.78. The molecule has 0 saturated heterocycles. The third-order valence-corrected chi connectivity index (χ3v) is 8.76. The van der Waals surface area contributed by atoms with Gasteiger partial charge in [0.15, 0.2) is 0 Å². The Kier molecular flexibility index (Phi) is 6.97. The van der Waals surface area contributed by atoms with E-state index in [0.717, 1.165) is 19.7 Å². The van der Waals surface area contributed by atoms with Crippen LogP contribution in [-0.4, -0.2) is 13.4 Å². The molecule has 2 aromatic heterocycles. The number of pyridine rings is 1. The number of hydrogen-bond acceptors (Lipinski definition) is 6. The van der Waals surface area contributed by atoms with Crippen LogP contribution in [0.5, 0.6) is 0 Å². The summed E-state index contributed by atoms with van der Waals surface area (Å²) in [5, 5.41) is 14.2. The van der Waals surface area contributed by atoms with Crippen LogP contribution < -0.4 is 10.0 Å². The Bertz CT molecular complexity index is 1450. The van der Waals surface area contributed by atoms with Crippen LogP contribution in [-0.2, 0) is 23.1 Å². The fourth-order valence-corrected chi connectivity index (χ4v) is 5.68. The van der Waals surface area contributed by atoms with Gasteiger partial charge in [-0.15, -0.1) is 11.3 Å². The molecule has 4 aromatic rings. The zero-order chi connectivity index (χ0) is 22.7. The number of thiophene rings is 1. The number of hydrogen-bond donors (Lipinski definition) is 2. The molecule has 4 rings (SSSR count). The molecule has 0 amide bonds. The molecule has 0 spiro atoms. The van der Waals surface area contributed by atoms with Crippen molar-refractivity contribution in [1.29, 1.82) is 5.26 Å². The molecule has 0 aliphatic carbocycles. The summed E-state index contributed by atoms with van der Waals surface area (Å²) >= 11 is 9.69. The summed E-state index contributed by atoms with van der Waals surface area (Å²) < 4.78 is 29.7. The van der Waals surface area contributed by atoms with E-state index in [-0.39, 0.29) is 11.4 Å². The first-order valence-corrected chi connectivity index (χ1v) is 13.2. The molecule has 0 aliphatic heterocycles. The summed E-state index contributed by atoms with van der Waals surface area (Å²) in [6.07, 6.45) is 3.22. The first-order valence-electron chi connectivity index (χ1n) is 9.40. The van der Waals surface area contributed by atoms with Gasteiger partial charge in [0.1, 0.15) is 10.9 Å². The van der Waals surface area contributed by atoms with Crippen LogP contribution in [0, 0.1) is 14.9 Å². The average Bonchev–Trinajstić information content (AvgIpc) is 3.26. The zero-order valence-electron chi connectivity index (χ0n) is 16.5. The van der Waals surface area contributed by atoms with Gasteiger partial charge in [0.2, 0.25) is 10.0 Å². The monoisotopic (exact) mass is 594 g/mol. The highest BCUT2D eigenvalue weighted by Gasteiger charge is 2.19. The lowest BCUT2D eigenvalue weighted by Crippen LogP contribution is -2.23. The molecule has 32 heavy (non-hydrogen) atoms. The van der Waals surface area contributed by atoms with E-state index >= 15 is 0 Å². The van der Waals surface area contributed by atoms with E-state index in [2.05, 4.69) is 43.7 Å². The van der Waals surface area contributed by atoms with Crippen molar-refractivity contribution in [3.63, 3.8) is 0 Å². The molecule has 2 aromatic carbocycles. The van der Waals surface area contributed by atoms with Crippen LogP contribution in [0.1, 0.15) is 15.3 Å². The Hall–Kier alpha value is -2.23. The molecule has 2 heterocycles. The van der Waals surface area contributed by atoms with Gasteiger partial charge in [0.05, 0.1) is 9.92 Å². The van der Waals surface area contributed by atoms with Crippen LogP contribution in [0.15, 0.2) is 65.8 Å². The third kappa shape index (κ3) is 5.05. The second kappa shape index (κ2) is 9.72. The van der Waals surface area contributed by atoms with Gasteiger partial charge >= 0.3 is 0 Å². The quantitative estimate of drug-likeness (QED) is 0.275. The Labute approximate surface area is 208 Å². The lowest BCUT2D eigenvalue weighted by molar-refractivity contribution is 0.582. The maximum Gasteiger partial charge on any atom is 0.241 e. The molecule has 0 aliphatic rings. The van der Waals surface area contributed by atoms with E-state index in [9.17, 15) is 8.42 Å². The largest absolute Gasteiger partial charge is 0.380 e. The molecule has 162 valence electrons. The fourth-order valence-electron chi connectivity index (χ4n) is 3.17. The minimum atomic E-state index is -3.78. The first-order chi connectivity index (χ1) is 15.4. The molecule has 0 bridgehead atoms. The maximum atomic E-state index is 13.1. The van der Waals surface area contributed by atoms with Crippen molar-refractivity contribution in [2.75, 3.05) is 5.32 Å². The van der Waals surface area contributed by atoms with Crippen molar-refractivity contribution in [2.45, 2.75) is 18.0 Å². The molecule has 0 radical (unpaired) electrons. The average molecular weight is 595 g/mol. The van der Waals surface area contributed by atoms with Crippen LogP contribution in [0.4, 0.5) is 5.69 Å². The van der Waals surface area contributed by atoms with Crippen LogP contribution in [0.2, 0.25) is 5.02 Å². The van der Waals surface area contributed by atoms with Gasteiger partial charge in [0.25, 0.3) is 0 Å². The van der Waals surface area contributed by atoms with E-state index in [1.165, 1.54) is 11.3 Å². The molecular formula is C22H16ClIN4O2S2. The normalized spacial score (nSPS) is 11.4. The maximum absolute atomic E-state index is 13.1. The summed E-state index contributed by atoms with van der Waals surface area (Å²) in [6, 6.07) is 16.3. The van der Waals surface area contributed by atoms with Crippen molar-refractivity contribution in [3.8, 4) is 6.07 Å². The number of fused-ring (bicyclic) bond motifs is 1. The van der Waals surface area contributed by atoms with E-state index in [1.54, 1.807) is 42.7 Å². The second-order valence-electron chi connectivity index (χ2n) is 6.84. The molecule has 10 heteroatoms. The van der Waals surface area contributed by atoms with Gasteiger partial charge in [-0.3, -0.25) is 4.98 Å². The van der Waals surface area contributed by atoms with Gasteiger partial charge in [-0.1, -0.05) is 17.7 Å². The standard InChI is InChI=1S/C22H16ClIN4O2S2/c23-19-9-14(1-4-20(19)24)11-28-32(29,30)22-6-5-21(18-13-26-8-7-17(18)22)27-12-16-3-2-15(10-25)31-16/h1-9,13,27-28H,11-12H2. The number of anilines is 1. The summed E-state index contributed by atoms with van der Waals surface area (Å²) in [5.41, 5.74) is 1.54. The smallest absolute Gasteiger partial charge is 0.241 e. The van der Waals surface area contributed by atoms with E-state index in [4.69, 9.17) is 16.9 Å². The Morgan fingerprint density at radius 2 is 1.94 bits per heavy atom. The number of halogens is 2. The number of nitrogens with one attached hydrogen (secondary N) is 2. The predicted molar refractivity (Wildman–Crippen MR) is 136 cm³/mol. The lowest BCUT2D eigenvalue weighted by atomic mass is 10.1. The van der Waals surface area contributed by atoms with Crippen LogP contribution in [0.3, 0.4) is 0 Å². The van der Waals surface area contributed by atoms with Gasteiger partial charge in [-0.25, -0.2) is 13.1 Å². The Morgan fingerprint density at radius 3 is 2.69 bits per heavy atom. The van der Waals surface area contributed by atoms with E-state index in [1.807, 2.05) is 18.2 Å². The lowest BCUT2D eigenvalue weighted by Gasteiger charge is -2.14. The van der Waals surface area contributed by atoms with E-state index < -0.39 is 10.0 Å². The van der Waals surface area contributed by atoms with Gasteiger partial charge in [-0.05, 0) is 70.6 Å².